The maximum Gasteiger partial charge on any atom is 0.232 e. The van der Waals surface area contributed by atoms with Gasteiger partial charge in [-0.25, -0.2) is 8.42 Å². The Kier molecular flexibility index (Phi) is 4.25. The van der Waals surface area contributed by atoms with Gasteiger partial charge in [0.2, 0.25) is 10.0 Å². The Labute approximate surface area is 143 Å². The molecule has 0 unspecified atom stereocenters. The topological polar surface area (TPSA) is 54.7 Å². The van der Waals surface area contributed by atoms with Crippen LogP contribution in [-0.4, -0.2) is 43.4 Å². The number of aromatic nitrogens is 1. The molecule has 2 heterocycles. The van der Waals surface area contributed by atoms with Crippen molar-refractivity contribution < 1.29 is 8.42 Å². The van der Waals surface area contributed by atoms with Crippen molar-refractivity contribution >= 4 is 26.6 Å². The summed E-state index contributed by atoms with van der Waals surface area (Å²) in [5.74, 6) is 0. The van der Waals surface area contributed by atoms with Gasteiger partial charge in [0, 0.05) is 37.8 Å². The fraction of sp³-hybridized carbons (Fsp3) is 0.389. The molecule has 3 rings (SSSR count). The van der Waals surface area contributed by atoms with Crippen molar-refractivity contribution in [2.75, 3.05) is 20.4 Å². The van der Waals surface area contributed by atoms with Crippen LogP contribution < -0.4 is 0 Å². The van der Waals surface area contributed by atoms with Gasteiger partial charge in [0.05, 0.1) is 23.2 Å². The lowest BCUT2D eigenvalue weighted by Gasteiger charge is -2.21. The first-order valence-electron chi connectivity index (χ1n) is 8.07. The number of likely N-dealkylation sites (N-methyl/N-ethyl adjacent to an activating group) is 1. The van der Waals surface area contributed by atoms with Gasteiger partial charge >= 0.3 is 0 Å². The second-order valence-electron chi connectivity index (χ2n) is 6.13. The van der Waals surface area contributed by atoms with Crippen molar-refractivity contribution in [3.05, 3.63) is 47.3 Å². The minimum atomic E-state index is -3.35. The van der Waals surface area contributed by atoms with Crippen molar-refractivity contribution in [2.45, 2.75) is 26.3 Å². The molecule has 0 saturated carbocycles. The third kappa shape index (κ3) is 2.65. The Balaban J connectivity index is 2.21. The number of aryl methyl sites for hydroxylation is 2. The SMILES string of the molecule is C/C=C(\C(=NC)c1cn2c3c(cccc13)CCC2)N(C)S(C)(=O)=O. The number of aliphatic imine (C=N–C) groups is 1. The van der Waals surface area contributed by atoms with E-state index in [0.29, 0.717) is 11.4 Å². The highest BCUT2D eigenvalue weighted by Crippen LogP contribution is 2.31. The lowest BCUT2D eigenvalue weighted by molar-refractivity contribution is 0.538. The molecule has 128 valence electrons. The van der Waals surface area contributed by atoms with Gasteiger partial charge in [0.25, 0.3) is 0 Å². The van der Waals surface area contributed by atoms with Crippen LogP contribution in [0, 0.1) is 0 Å². The average Bonchev–Trinajstić information content (AvgIpc) is 2.92. The molecule has 0 saturated heterocycles. The largest absolute Gasteiger partial charge is 0.347 e. The van der Waals surface area contributed by atoms with E-state index >= 15 is 0 Å². The molecule has 0 radical (unpaired) electrons. The van der Waals surface area contributed by atoms with Crippen LogP contribution >= 0.6 is 0 Å². The summed E-state index contributed by atoms with van der Waals surface area (Å²) >= 11 is 0. The Morgan fingerprint density at radius 1 is 1.38 bits per heavy atom. The number of para-hydroxylation sites is 1. The van der Waals surface area contributed by atoms with Crippen molar-refractivity contribution in [3.8, 4) is 0 Å². The summed E-state index contributed by atoms with van der Waals surface area (Å²) in [6.45, 7) is 2.82. The third-order valence-corrected chi connectivity index (χ3v) is 5.85. The number of allylic oxidation sites excluding steroid dienone is 2. The monoisotopic (exact) mass is 345 g/mol. The van der Waals surface area contributed by atoms with Gasteiger partial charge < -0.3 is 4.57 Å². The van der Waals surface area contributed by atoms with Gasteiger partial charge in [-0.3, -0.25) is 9.30 Å². The van der Waals surface area contributed by atoms with E-state index in [9.17, 15) is 8.42 Å². The second-order valence-corrected chi connectivity index (χ2v) is 8.14. The van der Waals surface area contributed by atoms with Gasteiger partial charge in [-0.05, 0) is 25.3 Å². The maximum atomic E-state index is 12.0. The molecule has 0 fully saturated rings. The zero-order valence-electron chi connectivity index (χ0n) is 14.6. The second kappa shape index (κ2) is 6.09. The van der Waals surface area contributed by atoms with E-state index in [-0.39, 0.29) is 0 Å². The zero-order valence-corrected chi connectivity index (χ0v) is 15.4. The van der Waals surface area contributed by atoms with Crippen LogP contribution in [0.25, 0.3) is 10.9 Å². The number of hydrogen-bond donors (Lipinski definition) is 0. The van der Waals surface area contributed by atoms with Crippen LogP contribution in [0.3, 0.4) is 0 Å². The minimum Gasteiger partial charge on any atom is -0.347 e. The number of hydrogen-bond acceptors (Lipinski definition) is 3. The molecule has 5 nitrogen and oxygen atoms in total. The van der Waals surface area contributed by atoms with Gasteiger partial charge in [0.15, 0.2) is 0 Å². The molecule has 0 atom stereocenters. The Hall–Kier alpha value is -2.08. The maximum absolute atomic E-state index is 12.0. The van der Waals surface area contributed by atoms with E-state index < -0.39 is 10.0 Å². The summed E-state index contributed by atoms with van der Waals surface area (Å²) in [5, 5.41) is 1.13. The average molecular weight is 345 g/mol. The summed E-state index contributed by atoms with van der Waals surface area (Å²) in [6.07, 6.45) is 7.32. The molecule has 0 bridgehead atoms. The van der Waals surface area contributed by atoms with Crippen LogP contribution in [0.1, 0.15) is 24.5 Å². The van der Waals surface area contributed by atoms with Crippen LogP contribution in [0.5, 0.6) is 0 Å². The molecule has 1 aromatic carbocycles. The Morgan fingerprint density at radius 3 is 2.75 bits per heavy atom. The van der Waals surface area contributed by atoms with Crippen molar-refractivity contribution in [2.24, 2.45) is 4.99 Å². The first-order chi connectivity index (χ1) is 11.4. The molecule has 0 N–H and O–H groups in total. The van der Waals surface area contributed by atoms with E-state index in [1.807, 2.05) is 6.92 Å². The van der Waals surface area contributed by atoms with E-state index in [1.54, 1.807) is 20.2 Å². The van der Waals surface area contributed by atoms with Gasteiger partial charge in [0.1, 0.15) is 0 Å². The molecule has 1 aliphatic heterocycles. The molecule has 1 aromatic heterocycles. The van der Waals surface area contributed by atoms with Crippen molar-refractivity contribution in [1.82, 2.24) is 8.87 Å². The predicted molar refractivity (Wildman–Crippen MR) is 99.1 cm³/mol. The summed E-state index contributed by atoms with van der Waals surface area (Å²) < 4.78 is 27.6. The van der Waals surface area contributed by atoms with Gasteiger partial charge in [-0.15, -0.1) is 0 Å². The molecule has 0 amide bonds. The Morgan fingerprint density at radius 2 is 2.12 bits per heavy atom. The summed E-state index contributed by atoms with van der Waals surface area (Å²) in [6, 6.07) is 6.33. The quantitative estimate of drug-likeness (QED) is 0.800. The van der Waals surface area contributed by atoms with Crippen LogP contribution in [0.2, 0.25) is 0 Å². The van der Waals surface area contributed by atoms with E-state index in [4.69, 9.17) is 0 Å². The number of rotatable bonds is 4. The van der Waals surface area contributed by atoms with Gasteiger partial charge in [-0.1, -0.05) is 24.3 Å². The minimum absolute atomic E-state index is 0.601. The molecule has 2 aromatic rings. The summed E-state index contributed by atoms with van der Waals surface area (Å²) in [7, 11) is -0.0698. The predicted octanol–water partition coefficient (Wildman–Crippen LogP) is 2.80. The lowest BCUT2D eigenvalue weighted by atomic mass is 10.0. The lowest BCUT2D eigenvalue weighted by Crippen LogP contribution is -2.29. The molecular formula is C18H23N3O2S. The van der Waals surface area contributed by atoms with E-state index in [1.165, 1.54) is 21.6 Å². The van der Waals surface area contributed by atoms with E-state index in [0.717, 1.165) is 30.3 Å². The van der Waals surface area contributed by atoms with E-state index in [2.05, 4.69) is 34.0 Å². The third-order valence-electron chi connectivity index (χ3n) is 4.66. The van der Waals surface area contributed by atoms with Crippen LogP contribution in [-0.2, 0) is 23.0 Å². The van der Waals surface area contributed by atoms with Crippen LogP contribution in [0.4, 0.5) is 0 Å². The van der Waals surface area contributed by atoms with Crippen LogP contribution in [0.15, 0.2) is 41.2 Å². The number of sulfonamides is 1. The summed E-state index contributed by atoms with van der Waals surface area (Å²) in [4.78, 5) is 4.44. The smallest absolute Gasteiger partial charge is 0.232 e. The van der Waals surface area contributed by atoms with Crippen molar-refractivity contribution in [1.29, 1.82) is 0 Å². The molecule has 6 heteroatoms. The fourth-order valence-corrected chi connectivity index (χ4v) is 4.01. The highest BCUT2D eigenvalue weighted by molar-refractivity contribution is 7.88. The first-order valence-corrected chi connectivity index (χ1v) is 9.91. The molecule has 0 aliphatic carbocycles. The fourth-order valence-electron chi connectivity index (χ4n) is 3.46. The normalized spacial score (nSPS) is 15.8. The molecular weight excluding hydrogens is 322 g/mol. The molecule has 1 aliphatic rings. The molecule has 24 heavy (non-hydrogen) atoms. The summed E-state index contributed by atoms with van der Waals surface area (Å²) in [5.41, 5.74) is 4.88. The number of benzene rings is 1. The van der Waals surface area contributed by atoms with Crippen molar-refractivity contribution in [3.63, 3.8) is 0 Å². The number of nitrogens with zero attached hydrogens (tertiary/aromatic N) is 3. The first kappa shape index (κ1) is 16.8. The zero-order chi connectivity index (χ0) is 17.5. The molecule has 0 spiro atoms. The van der Waals surface area contributed by atoms with Gasteiger partial charge in [-0.2, -0.15) is 0 Å². The highest BCUT2D eigenvalue weighted by Gasteiger charge is 2.24. The highest BCUT2D eigenvalue weighted by atomic mass is 32.2. The standard InChI is InChI=1S/C18H23N3O2S/c1-5-16(20(3)24(4,22)23)17(19-2)15-12-21-11-7-9-13-8-6-10-14(15)18(13)21/h5-6,8,10,12H,7,9,11H2,1-4H3/b16-5+,19-17?. The Bertz CT molecular complexity index is 952.